The van der Waals surface area contributed by atoms with Gasteiger partial charge in [0.15, 0.2) is 0 Å². The van der Waals surface area contributed by atoms with Crippen LogP contribution in [-0.2, 0) is 17.9 Å². The van der Waals surface area contributed by atoms with Crippen molar-refractivity contribution in [2.45, 2.75) is 73.1 Å². The van der Waals surface area contributed by atoms with Gasteiger partial charge >= 0.3 is 0 Å². The smallest absolute Gasteiger partial charge is 0.224 e. The molecule has 0 spiro atoms. The van der Waals surface area contributed by atoms with Gasteiger partial charge in [0, 0.05) is 45.3 Å². The van der Waals surface area contributed by atoms with E-state index in [1.54, 1.807) is 0 Å². The number of fused-ring (bicyclic) bond motifs is 2. The van der Waals surface area contributed by atoms with Gasteiger partial charge in [0.05, 0.1) is 22.5 Å². The topological polar surface area (TPSA) is 87.0 Å². The summed E-state index contributed by atoms with van der Waals surface area (Å²) in [6.07, 6.45) is 2.86. The second-order valence-corrected chi connectivity index (χ2v) is 12.0. The minimum atomic E-state index is -0.812. The third-order valence-corrected chi connectivity index (χ3v) is 8.87. The van der Waals surface area contributed by atoms with E-state index in [1.807, 2.05) is 39.2 Å². The number of carbonyl (C=O) groups is 1. The molecule has 8 heteroatoms. The van der Waals surface area contributed by atoms with Crippen LogP contribution in [0.1, 0.15) is 73.5 Å². The Morgan fingerprint density at radius 3 is 2.68 bits per heavy atom. The molecule has 2 atom stereocenters. The summed E-state index contributed by atoms with van der Waals surface area (Å²) in [4.78, 5) is 20.0. The van der Waals surface area contributed by atoms with Gasteiger partial charge in [0.1, 0.15) is 11.9 Å². The van der Waals surface area contributed by atoms with Gasteiger partial charge in [-0.25, -0.2) is 0 Å². The van der Waals surface area contributed by atoms with E-state index in [9.17, 15) is 4.79 Å². The molecule has 0 saturated heterocycles. The summed E-state index contributed by atoms with van der Waals surface area (Å²) in [5.74, 6) is 0.347. The predicted octanol–water partition coefficient (Wildman–Crippen LogP) is 5.21. The van der Waals surface area contributed by atoms with Crippen molar-refractivity contribution in [2.75, 3.05) is 30.2 Å². The van der Waals surface area contributed by atoms with E-state index in [0.717, 1.165) is 72.1 Å². The van der Waals surface area contributed by atoms with Gasteiger partial charge in [-0.15, -0.1) is 5.53 Å². The molecule has 3 heterocycles. The number of nitrogens with two attached hydrogens (primary N) is 1. The number of primary amides is 1. The van der Waals surface area contributed by atoms with Gasteiger partial charge in [-0.3, -0.25) is 24.7 Å². The van der Waals surface area contributed by atoms with E-state index in [4.69, 9.17) is 10.5 Å². The molecule has 2 aliphatic heterocycles. The molecule has 41 heavy (non-hydrogen) atoms. The molecule has 0 bridgehead atoms. The zero-order valence-electron chi connectivity index (χ0n) is 25.5. The van der Waals surface area contributed by atoms with Crippen LogP contribution in [0.2, 0.25) is 0 Å². The van der Waals surface area contributed by atoms with Crippen LogP contribution in [-0.4, -0.2) is 42.0 Å². The Morgan fingerprint density at radius 2 is 1.98 bits per heavy atom. The Kier molecular flexibility index (Phi) is 7.99. The van der Waals surface area contributed by atoms with Crippen LogP contribution in [0.15, 0.2) is 48.7 Å². The number of hydrazine groups is 2. The van der Waals surface area contributed by atoms with Crippen LogP contribution in [0.3, 0.4) is 0 Å². The van der Waals surface area contributed by atoms with Crippen molar-refractivity contribution in [3.05, 3.63) is 82.2 Å². The first-order chi connectivity index (χ1) is 19.5. The first kappa shape index (κ1) is 28.9. The molecule has 1 amide bonds. The molecule has 8 nitrogen and oxygen atoms in total. The van der Waals surface area contributed by atoms with Crippen LogP contribution in [0, 0.1) is 19.3 Å². The third kappa shape index (κ3) is 5.38. The molecule has 2 aromatic carbocycles. The van der Waals surface area contributed by atoms with E-state index >= 15 is 0 Å². The van der Waals surface area contributed by atoms with Crippen LogP contribution < -0.4 is 26.0 Å². The third-order valence-electron chi connectivity index (χ3n) is 8.87. The zero-order valence-corrected chi connectivity index (χ0v) is 25.5. The maximum Gasteiger partial charge on any atom is 0.224 e. The Labute approximate surface area is 244 Å². The number of hydrogen-bond donors (Lipinski definition) is 2. The summed E-state index contributed by atoms with van der Waals surface area (Å²) in [7, 11) is 2.03. The predicted molar refractivity (Wildman–Crippen MR) is 165 cm³/mol. The van der Waals surface area contributed by atoms with E-state index in [2.05, 4.69) is 83.5 Å². The molecule has 0 unspecified atom stereocenters. The lowest BCUT2D eigenvalue weighted by Gasteiger charge is -2.35. The highest BCUT2D eigenvalue weighted by Crippen LogP contribution is 2.47. The Morgan fingerprint density at radius 1 is 1.20 bits per heavy atom. The molecule has 3 N–H and O–H groups in total. The number of carbonyl (C=O) groups excluding carboxylic acids is 1. The molecule has 0 radical (unpaired) electrons. The lowest BCUT2D eigenvalue weighted by molar-refractivity contribution is -0.126. The standard InChI is InChI=1S/C33H44N6O2/c1-8-25-19-38(20-27-29(41-25)11-10-16-35-27)18-24-17-23(13-12-21(24)3)30(33(5,6)32(34)40)26-14-15-28-31(22(26)4)37(7)36-39(28)9-2/h10-17,25,30,36H,8-9,18-20H2,1-7H3,(H2,34,40)/t25-,30+/m1/s1. The second-order valence-electron chi connectivity index (χ2n) is 12.0. The van der Waals surface area contributed by atoms with Gasteiger partial charge in [0.2, 0.25) is 5.91 Å². The number of rotatable bonds is 8. The molecule has 218 valence electrons. The maximum absolute atomic E-state index is 13.0. The fourth-order valence-electron chi connectivity index (χ4n) is 6.35. The molecule has 1 aromatic heterocycles. The highest BCUT2D eigenvalue weighted by molar-refractivity contribution is 5.84. The van der Waals surface area contributed by atoms with Gasteiger partial charge in [-0.2, -0.15) is 0 Å². The molecule has 2 aliphatic rings. The average molecular weight is 557 g/mol. The van der Waals surface area contributed by atoms with Crippen molar-refractivity contribution < 1.29 is 9.53 Å². The number of nitrogens with one attached hydrogen (secondary N) is 1. The summed E-state index contributed by atoms with van der Waals surface area (Å²) < 4.78 is 6.30. The van der Waals surface area contributed by atoms with Crippen LogP contribution in [0.25, 0.3) is 0 Å². The average Bonchev–Trinajstić information content (AvgIpc) is 3.16. The second kappa shape index (κ2) is 11.3. The quantitative estimate of drug-likeness (QED) is 0.394. The first-order valence-electron chi connectivity index (χ1n) is 14.7. The fraction of sp³-hybridized carbons (Fsp3) is 0.455. The van der Waals surface area contributed by atoms with Crippen LogP contribution in [0.5, 0.6) is 5.75 Å². The summed E-state index contributed by atoms with van der Waals surface area (Å²) in [5, 5.41) is 4.19. The summed E-state index contributed by atoms with van der Waals surface area (Å²) >= 11 is 0. The Bertz CT molecular complexity index is 1440. The van der Waals surface area contributed by atoms with Crippen molar-refractivity contribution in [2.24, 2.45) is 11.1 Å². The number of benzene rings is 2. The molecule has 0 aliphatic carbocycles. The highest BCUT2D eigenvalue weighted by atomic mass is 16.5. The van der Waals surface area contributed by atoms with Gasteiger partial charge in [-0.1, -0.05) is 45.0 Å². The van der Waals surface area contributed by atoms with Crippen LogP contribution in [0.4, 0.5) is 11.4 Å². The Hall–Kier alpha value is -3.62. The summed E-state index contributed by atoms with van der Waals surface area (Å²) in [6.45, 7) is 15.7. The van der Waals surface area contributed by atoms with Crippen molar-refractivity contribution in [3.8, 4) is 5.75 Å². The number of nitrogens with zero attached hydrogens (tertiary/aromatic N) is 4. The normalized spacial score (nSPS) is 18.0. The molecular formula is C33H44N6O2. The fourth-order valence-corrected chi connectivity index (χ4v) is 6.35. The SMILES string of the molecule is CC[C@@H]1CN(Cc2cc([C@@H](c3ccc4c(c3C)N(C)NN4CC)C(C)(C)C(N)=O)ccc2C)Cc2ncccc2O1. The molecular weight excluding hydrogens is 512 g/mol. The van der Waals surface area contributed by atoms with Crippen molar-refractivity contribution in [1.29, 1.82) is 0 Å². The molecule has 3 aromatic rings. The number of pyridine rings is 1. The number of anilines is 2. The van der Waals surface area contributed by atoms with E-state index in [1.165, 1.54) is 11.1 Å². The minimum Gasteiger partial charge on any atom is -0.487 e. The lowest BCUT2D eigenvalue weighted by atomic mass is 9.69. The summed E-state index contributed by atoms with van der Waals surface area (Å²) in [5.41, 5.74) is 17.7. The van der Waals surface area contributed by atoms with Crippen molar-refractivity contribution >= 4 is 17.3 Å². The van der Waals surface area contributed by atoms with Crippen LogP contribution >= 0.6 is 0 Å². The van der Waals surface area contributed by atoms with E-state index in [-0.39, 0.29) is 17.9 Å². The zero-order chi connectivity index (χ0) is 29.5. The maximum atomic E-state index is 13.0. The molecule has 0 saturated carbocycles. The monoisotopic (exact) mass is 556 g/mol. The highest BCUT2D eigenvalue weighted by Gasteiger charge is 2.40. The van der Waals surface area contributed by atoms with Gasteiger partial charge in [-0.05, 0) is 73.2 Å². The lowest BCUT2D eigenvalue weighted by Crippen LogP contribution is -2.42. The number of amides is 1. The van der Waals surface area contributed by atoms with Gasteiger partial charge < -0.3 is 10.5 Å². The molecule has 5 rings (SSSR count). The molecule has 0 fully saturated rings. The Balaban J connectivity index is 1.55. The van der Waals surface area contributed by atoms with Gasteiger partial charge in [0.25, 0.3) is 0 Å². The number of hydrogen-bond acceptors (Lipinski definition) is 7. The number of aromatic nitrogens is 1. The van der Waals surface area contributed by atoms with E-state index < -0.39 is 5.41 Å². The first-order valence-corrected chi connectivity index (χ1v) is 14.7. The summed E-state index contributed by atoms with van der Waals surface area (Å²) in [6, 6.07) is 14.9. The van der Waals surface area contributed by atoms with E-state index in [0.29, 0.717) is 0 Å². The van der Waals surface area contributed by atoms with Crippen molar-refractivity contribution in [1.82, 2.24) is 15.4 Å². The number of ether oxygens (including phenoxy) is 1. The number of aryl methyl sites for hydroxylation is 1. The largest absolute Gasteiger partial charge is 0.487 e. The van der Waals surface area contributed by atoms with Crippen molar-refractivity contribution in [3.63, 3.8) is 0 Å². The minimum absolute atomic E-state index is 0.104.